The molecule has 3 rings (SSSR count). The molecule has 0 aromatic heterocycles. The highest BCUT2D eigenvalue weighted by Gasteiger charge is 2.37. The first-order chi connectivity index (χ1) is 10.7. The second-order valence-electron chi connectivity index (χ2n) is 5.14. The number of fused-ring (bicyclic) bond motifs is 1. The SMILES string of the molecule is O=C(O)[C@@H]1Cc2ccccc2N1C(=O)/C=C/c1ccccc1. The minimum Gasteiger partial charge on any atom is -0.480 e. The molecule has 1 atom stereocenters. The third-order valence-corrected chi connectivity index (χ3v) is 3.72. The summed E-state index contributed by atoms with van der Waals surface area (Å²) >= 11 is 0. The first-order valence-electron chi connectivity index (χ1n) is 7.04. The Morgan fingerprint density at radius 1 is 1.05 bits per heavy atom. The van der Waals surface area contributed by atoms with Gasteiger partial charge in [0.2, 0.25) is 0 Å². The molecule has 0 spiro atoms. The molecule has 1 aliphatic rings. The van der Waals surface area contributed by atoms with E-state index in [2.05, 4.69) is 0 Å². The van der Waals surface area contributed by atoms with Gasteiger partial charge in [-0.25, -0.2) is 4.79 Å². The molecule has 1 aliphatic heterocycles. The highest BCUT2D eigenvalue weighted by molar-refractivity contribution is 6.09. The lowest BCUT2D eigenvalue weighted by molar-refractivity contribution is -0.139. The van der Waals surface area contributed by atoms with Crippen molar-refractivity contribution in [2.24, 2.45) is 0 Å². The molecule has 110 valence electrons. The first kappa shape index (κ1) is 14.1. The lowest BCUT2D eigenvalue weighted by Gasteiger charge is -2.20. The van der Waals surface area contributed by atoms with Gasteiger partial charge in [-0.05, 0) is 23.3 Å². The molecule has 22 heavy (non-hydrogen) atoms. The van der Waals surface area contributed by atoms with Crippen LogP contribution in [0.1, 0.15) is 11.1 Å². The van der Waals surface area contributed by atoms with Crippen molar-refractivity contribution in [2.45, 2.75) is 12.5 Å². The Kier molecular flexibility index (Phi) is 3.74. The molecule has 1 heterocycles. The Balaban J connectivity index is 1.89. The number of amides is 1. The molecule has 2 aromatic rings. The van der Waals surface area contributed by atoms with Gasteiger partial charge in [0.25, 0.3) is 5.91 Å². The molecule has 4 nitrogen and oxygen atoms in total. The second kappa shape index (κ2) is 5.85. The highest BCUT2D eigenvalue weighted by Crippen LogP contribution is 2.32. The summed E-state index contributed by atoms with van der Waals surface area (Å²) in [5, 5.41) is 9.37. The highest BCUT2D eigenvalue weighted by atomic mass is 16.4. The predicted molar refractivity (Wildman–Crippen MR) is 84.5 cm³/mol. The molecular formula is C18H15NO3. The molecule has 0 fully saturated rings. The van der Waals surface area contributed by atoms with Crippen LogP contribution in [0.15, 0.2) is 60.7 Å². The molecule has 1 N–H and O–H groups in total. The third kappa shape index (κ3) is 2.63. The van der Waals surface area contributed by atoms with E-state index in [9.17, 15) is 14.7 Å². The number of aliphatic carboxylic acids is 1. The van der Waals surface area contributed by atoms with Gasteiger partial charge in [0, 0.05) is 18.2 Å². The van der Waals surface area contributed by atoms with Crippen molar-refractivity contribution < 1.29 is 14.7 Å². The summed E-state index contributed by atoms with van der Waals surface area (Å²) in [5.41, 5.74) is 2.46. The van der Waals surface area contributed by atoms with Crippen molar-refractivity contribution in [3.05, 3.63) is 71.8 Å². The maximum absolute atomic E-state index is 12.5. The molecule has 0 saturated carbocycles. The lowest BCUT2D eigenvalue weighted by Crippen LogP contribution is -2.42. The van der Waals surface area contributed by atoms with Crippen molar-refractivity contribution >= 4 is 23.6 Å². The smallest absolute Gasteiger partial charge is 0.327 e. The van der Waals surface area contributed by atoms with Crippen LogP contribution in [-0.2, 0) is 16.0 Å². The lowest BCUT2D eigenvalue weighted by atomic mass is 10.1. The zero-order valence-corrected chi connectivity index (χ0v) is 11.8. The van der Waals surface area contributed by atoms with Crippen molar-refractivity contribution in [3.63, 3.8) is 0 Å². The van der Waals surface area contributed by atoms with E-state index < -0.39 is 12.0 Å². The minimum atomic E-state index is -0.988. The molecule has 1 amide bonds. The summed E-state index contributed by atoms with van der Waals surface area (Å²) in [6, 6.07) is 15.9. The number of hydrogen-bond acceptors (Lipinski definition) is 2. The number of carbonyl (C=O) groups excluding carboxylic acids is 1. The zero-order chi connectivity index (χ0) is 15.5. The summed E-state index contributed by atoms with van der Waals surface area (Å²) < 4.78 is 0. The number of benzene rings is 2. The Morgan fingerprint density at radius 2 is 1.73 bits per heavy atom. The Morgan fingerprint density at radius 3 is 2.45 bits per heavy atom. The molecule has 0 radical (unpaired) electrons. The van der Waals surface area contributed by atoms with Crippen LogP contribution in [0.3, 0.4) is 0 Å². The van der Waals surface area contributed by atoms with E-state index in [1.165, 1.54) is 11.0 Å². The topological polar surface area (TPSA) is 57.6 Å². The van der Waals surface area contributed by atoms with Gasteiger partial charge in [0.15, 0.2) is 0 Å². The molecular weight excluding hydrogens is 278 g/mol. The number of carbonyl (C=O) groups is 2. The second-order valence-corrected chi connectivity index (χ2v) is 5.14. The van der Waals surface area contributed by atoms with Gasteiger partial charge in [-0.15, -0.1) is 0 Å². The van der Waals surface area contributed by atoms with E-state index in [1.807, 2.05) is 48.5 Å². The van der Waals surface area contributed by atoms with Gasteiger partial charge < -0.3 is 5.11 Å². The Bertz CT molecular complexity index is 737. The van der Waals surface area contributed by atoms with Crippen LogP contribution in [0.25, 0.3) is 6.08 Å². The van der Waals surface area contributed by atoms with Crippen LogP contribution in [0.5, 0.6) is 0 Å². The molecule has 0 bridgehead atoms. The van der Waals surface area contributed by atoms with Gasteiger partial charge in [-0.1, -0.05) is 48.5 Å². The van der Waals surface area contributed by atoms with E-state index in [0.29, 0.717) is 12.1 Å². The number of para-hydroxylation sites is 1. The van der Waals surface area contributed by atoms with Gasteiger partial charge in [0.05, 0.1) is 0 Å². The van der Waals surface area contributed by atoms with Crippen LogP contribution < -0.4 is 4.90 Å². The fraction of sp³-hybridized carbons (Fsp3) is 0.111. The summed E-state index contributed by atoms with van der Waals surface area (Å²) in [7, 11) is 0. The fourth-order valence-electron chi connectivity index (χ4n) is 2.67. The van der Waals surface area contributed by atoms with Crippen molar-refractivity contribution in [1.29, 1.82) is 0 Å². The summed E-state index contributed by atoms with van der Waals surface area (Å²) in [6.07, 6.45) is 3.46. The summed E-state index contributed by atoms with van der Waals surface area (Å²) in [5.74, 6) is -1.31. The first-order valence-corrected chi connectivity index (χ1v) is 7.04. The van der Waals surface area contributed by atoms with Gasteiger partial charge in [-0.3, -0.25) is 9.69 Å². The van der Waals surface area contributed by atoms with Gasteiger partial charge in [-0.2, -0.15) is 0 Å². The molecule has 0 unspecified atom stereocenters. The van der Waals surface area contributed by atoms with E-state index in [0.717, 1.165) is 11.1 Å². The number of rotatable bonds is 3. The van der Waals surface area contributed by atoms with Gasteiger partial charge >= 0.3 is 5.97 Å². The van der Waals surface area contributed by atoms with Crippen LogP contribution in [0.2, 0.25) is 0 Å². The van der Waals surface area contributed by atoms with Crippen molar-refractivity contribution in [1.82, 2.24) is 0 Å². The van der Waals surface area contributed by atoms with E-state index >= 15 is 0 Å². The molecule has 2 aromatic carbocycles. The van der Waals surface area contributed by atoms with Crippen LogP contribution >= 0.6 is 0 Å². The minimum absolute atomic E-state index is 0.318. The molecule has 4 heteroatoms. The van der Waals surface area contributed by atoms with Gasteiger partial charge in [0.1, 0.15) is 6.04 Å². The van der Waals surface area contributed by atoms with Crippen LogP contribution in [0.4, 0.5) is 5.69 Å². The van der Waals surface area contributed by atoms with Crippen molar-refractivity contribution in [2.75, 3.05) is 4.90 Å². The standard InChI is InChI=1S/C18H15NO3/c20-17(11-10-13-6-2-1-3-7-13)19-15-9-5-4-8-14(15)12-16(19)18(21)22/h1-11,16H,12H2,(H,21,22)/b11-10+/t16-/m0/s1. The predicted octanol–water partition coefficient (Wildman–Crippen LogP) is 2.74. The van der Waals surface area contributed by atoms with E-state index in [1.54, 1.807) is 12.1 Å². The quantitative estimate of drug-likeness (QED) is 0.885. The van der Waals surface area contributed by atoms with Crippen LogP contribution in [0, 0.1) is 0 Å². The maximum atomic E-state index is 12.5. The number of anilines is 1. The van der Waals surface area contributed by atoms with Crippen molar-refractivity contribution in [3.8, 4) is 0 Å². The third-order valence-electron chi connectivity index (χ3n) is 3.72. The fourth-order valence-corrected chi connectivity index (χ4v) is 2.67. The molecule has 0 aliphatic carbocycles. The summed E-state index contributed by atoms with van der Waals surface area (Å²) in [6.45, 7) is 0. The Hall–Kier alpha value is -2.88. The average molecular weight is 293 g/mol. The zero-order valence-electron chi connectivity index (χ0n) is 11.8. The number of carboxylic acid groups (broad SMARTS) is 1. The average Bonchev–Trinajstić information content (AvgIpc) is 2.93. The van der Waals surface area contributed by atoms with E-state index in [4.69, 9.17) is 0 Å². The molecule has 0 saturated heterocycles. The van der Waals surface area contributed by atoms with Crippen LogP contribution in [-0.4, -0.2) is 23.0 Å². The largest absolute Gasteiger partial charge is 0.480 e. The summed E-state index contributed by atoms with van der Waals surface area (Å²) in [4.78, 5) is 25.3. The Labute approximate surface area is 128 Å². The number of carboxylic acids is 1. The monoisotopic (exact) mass is 293 g/mol. The normalized spacial score (nSPS) is 16.7. The maximum Gasteiger partial charge on any atom is 0.327 e. The number of hydrogen-bond donors (Lipinski definition) is 1. The number of nitrogens with zero attached hydrogens (tertiary/aromatic N) is 1. The van der Waals surface area contributed by atoms with E-state index in [-0.39, 0.29) is 5.91 Å².